The number of urea groups is 1. The van der Waals surface area contributed by atoms with E-state index in [0.717, 1.165) is 28.3 Å². The molecule has 1 aromatic heterocycles. The monoisotopic (exact) mass is 329 g/mol. The van der Waals surface area contributed by atoms with Gasteiger partial charge in [0.05, 0.1) is 5.69 Å². The van der Waals surface area contributed by atoms with Gasteiger partial charge in [0, 0.05) is 42.8 Å². The van der Waals surface area contributed by atoms with Gasteiger partial charge in [0.2, 0.25) is 5.95 Å². The number of thiol groups is 1. The Morgan fingerprint density at radius 3 is 3.00 bits per heavy atom. The third kappa shape index (κ3) is 3.73. The number of anilines is 1. The van der Waals surface area contributed by atoms with E-state index in [2.05, 4.69) is 39.3 Å². The van der Waals surface area contributed by atoms with Crippen LogP contribution in [0.2, 0.25) is 0 Å². The van der Waals surface area contributed by atoms with Gasteiger partial charge in [-0.2, -0.15) is 0 Å². The molecule has 1 fully saturated rings. The van der Waals surface area contributed by atoms with Crippen LogP contribution >= 0.6 is 12.6 Å². The summed E-state index contributed by atoms with van der Waals surface area (Å²) < 4.78 is 0. The summed E-state index contributed by atoms with van der Waals surface area (Å²) in [4.78, 5) is 23.0. The molecule has 6 nitrogen and oxygen atoms in total. The van der Waals surface area contributed by atoms with Crippen molar-refractivity contribution < 1.29 is 4.79 Å². The Balaban J connectivity index is 1.65. The number of aryl methyl sites for hydroxylation is 1. The van der Waals surface area contributed by atoms with Gasteiger partial charge in [-0.3, -0.25) is 0 Å². The highest BCUT2D eigenvalue weighted by Gasteiger charge is 2.18. The second-order valence-electron chi connectivity index (χ2n) is 5.41. The molecule has 23 heavy (non-hydrogen) atoms. The molecular formula is C16H19N5OS. The summed E-state index contributed by atoms with van der Waals surface area (Å²) in [6.45, 7) is 4.73. The van der Waals surface area contributed by atoms with E-state index in [-0.39, 0.29) is 6.03 Å². The van der Waals surface area contributed by atoms with E-state index < -0.39 is 0 Å². The van der Waals surface area contributed by atoms with Crippen molar-refractivity contribution in [2.75, 3.05) is 31.5 Å². The third-order valence-electron chi connectivity index (χ3n) is 3.76. The van der Waals surface area contributed by atoms with Crippen LogP contribution in [0, 0.1) is 6.92 Å². The Morgan fingerprint density at radius 1 is 1.39 bits per heavy atom. The molecule has 0 atom stereocenters. The van der Waals surface area contributed by atoms with Crippen molar-refractivity contribution in [3.05, 3.63) is 36.0 Å². The SMILES string of the molecule is Cc1cc(-c2ccnc(NCCN3CCNC3=O)n2)ccc1S. The summed E-state index contributed by atoms with van der Waals surface area (Å²) in [6.07, 6.45) is 1.73. The van der Waals surface area contributed by atoms with E-state index in [1.807, 2.05) is 25.1 Å². The van der Waals surface area contributed by atoms with E-state index in [9.17, 15) is 4.79 Å². The molecule has 0 saturated carbocycles. The van der Waals surface area contributed by atoms with Crippen LogP contribution < -0.4 is 10.6 Å². The maximum absolute atomic E-state index is 11.5. The van der Waals surface area contributed by atoms with E-state index >= 15 is 0 Å². The largest absolute Gasteiger partial charge is 0.352 e. The van der Waals surface area contributed by atoms with Crippen LogP contribution in [0.1, 0.15) is 5.56 Å². The van der Waals surface area contributed by atoms with Crippen LogP contribution in [-0.2, 0) is 0 Å². The van der Waals surface area contributed by atoms with Crippen molar-refractivity contribution in [1.82, 2.24) is 20.2 Å². The lowest BCUT2D eigenvalue weighted by Gasteiger charge is -2.14. The number of benzene rings is 1. The third-order valence-corrected chi connectivity index (χ3v) is 4.26. The molecule has 0 aliphatic carbocycles. The fraction of sp³-hybridized carbons (Fsp3) is 0.312. The minimum Gasteiger partial charge on any atom is -0.352 e. The number of nitrogens with zero attached hydrogens (tertiary/aromatic N) is 3. The average Bonchev–Trinajstić information content (AvgIpc) is 2.96. The minimum atomic E-state index is -0.0104. The maximum atomic E-state index is 11.5. The Labute approximate surface area is 140 Å². The van der Waals surface area contributed by atoms with Crippen LogP contribution in [0.3, 0.4) is 0 Å². The second-order valence-corrected chi connectivity index (χ2v) is 5.89. The van der Waals surface area contributed by atoms with Crippen molar-refractivity contribution in [1.29, 1.82) is 0 Å². The molecule has 2 N–H and O–H groups in total. The highest BCUT2D eigenvalue weighted by Crippen LogP contribution is 2.22. The highest BCUT2D eigenvalue weighted by atomic mass is 32.1. The minimum absolute atomic E-state index is 0.0104. The summed E-state index contributed by atoms with van der Waals surface area (Å²) >= 11 is 4.39. The van der Waals surface area contributed by atoms with Gasteiger partial charge in [0.1, 0.15) is 0 Å². The van der Waals surface area contributed by atoms with Crippen molar-refractivity contribution in [2.24, 2.45) is 0 Å². The number of rotatable bonds is 5. The Bertz CT molecular complexity index is 721. The van der Waals surface area contributed by atoms with Gasteiger partial charge >= 0.3 is 6.03 Å². The summed E-state index contributed by atoms with van der Waals surface area (Å²) in [6, 6.07) is 7.89. The Kier molecular flexibility index (Phi) is 4.66. The molecule has 1 aliphatic heterocycles. The molecule has 0 radical (unpaired) electrons. The zero-order valence-corrected chi connectivity index (χ0v) is 13.8. The first-order valence-corrected chi connectivity index (χ1v) is 7.98. The standard InChI is InChI=1S/C16H19N5OS/c1-11-10-12(2-3-14(11)23)13-4-5-17-15(20-13)18-6-8-21-9-7-19-16(21)22/h2-5,10,23H,6-9H2,1H3,(H,19,22)(H,17,18,20). The van der Waals surface area contributed by atoms with Gasteiger partial charge in [-0.05, 0) is 30.7 Å². The quantitative estimate of drug-likeness (QED) is 0.736. The van der Waals surface area contributed by atoms with Crippen LogP contribution in [-0.4, -0.2) is 47.1 Å². The molecule has 1 aromatic carbocycles. The van der Waals surface area contributed by atoms with Crippen molar-refractivity contribution in [3.63, 3.8) is 0 Å². The molecule has 0 bridgehead atoms. The number of nitrogens with one attached hydrogen (secondary N) is 2. The number of amides is 2. The number of aromatic nitrogens is 2. The molecule has 0 spiro atoms. The second kappa shape index (κ2) is 6.87. The first-order chi connectivity index (χ1) is 11.1. The van der Waals surface area contributed by atoms with Crippen LogP contribution in [0.25, 0.3) is 11.3 Å². The van der Waals surface area contributed by atoms with E-state index in [4.69, 9.17) is 0 Å². The van der Waals surface area contributed by atoms with E-state index in [1.165, 1.54) is 0 Å². The molecule has 2 aromatic rings. The summed E-state index contributed by atoms with van der Waals surface area (Å²) in [7, 11) is 0. The lowest BCUT2D eigenvalue weighted by atomic mass is 10.1. The predicted octanol–water partition coefficient (Wildman–Crippen LogP) is 2.18. The first kappa shape index (κ1) is 15.6. The fourth-order valence-corrected chi connectivity index (χ4v) is 2.59. The number of carbonyl (C=O) groups is 1. The average molecular weight is 329 g/mol. The maximum Gasteiger partial charge on any atom is 0.317 e. The molecule has 7 heteroatoms. The van der Waals surface area contributed by atoms with Crippen LogP contribution in [0.4, 0.5) is 10.7 Å². The van der Waals surface area contributed by atoms with Crippen molar-refractivity contribution >= 4 is 24.6 Å². The molecule has 1 aliphatic rings. The van der Waals surface area contributed by atoms with Gasteiger partial charge in [0.15, 0.2) is 0 Å². The molecule has 3 rings (SSSR count). The van der Waals surface area contributed by atoms with Crippen molar-refractivity contribution in [2.45, 2.75) is 11.8 Å². The zero-order chi connectivity index (χ0) is 16.2. The molecule has 2 amide bonds. The van der Waals surface area contributed by atoms with Crippen molar-refractivity contribution in [3.8, 4) is 11.3 Å². The molecular weight excluding hydrogens is 310 g/mol. The molecule has 120 valence electrons. The van der Waals surface area contributed by atoms with E-state index in [1.54, 1.807) is 11.1 Å². The Morgan fingerprint density at radius 2 is 2.26 bits per heavy atom. The van der Waals surface area contributed by atoms with Crippen LogP contribution in [0.5, 0.6) is 0 Å². The summed E-state index contributed by atoms with van der Waals surface area (Å²) in [5.74, 6) is 0.565. The Hall–Kier alpha value is -2.28. The topological polar surface area (TPSA) is 70.2 Å². The number of carbonyl (C=O) groups excluding carboxylic acids is 1. The lowest BCUT2D eigenvalue weighted by molar-refractivity contribution is 0.219. The van der Waals surface area contributed by atoms with Gasteiger partial charge in [0.25, 0.3) is 0 Å². The van der Waals surface area contributed by atoms with E-state index in [0.29, 0.717) is 25.6 Å². The van der Waals surface area contributed by atoms with Crippen LogP contribution in [0.15, 0.2) is 35.4 Å². The van der Waals surface area contributed by atoms with Gasteiger partial charge in [-0.25, -0.2) is 14.8 Å². The molecule has 0 unspecified atom stereocenters. The predicted molar refractivity (Wildman–Crippen MR) is 92.9 cm³/mol. The molecule has 2 heterocycles. The lowest BCUT2D eigenvalue weighted by Crippen LogP contribution is -2.32. The smallest absolute Gasteiger partial charge is 0.317 e. The normalized spacial score (nSPS) is 14.0. The number of hydrogen-bond acceptors (Lipinski definition) is 5. The summed E-state index contributed by atoms with van der Waals surface area (Å²) in [5.41, 5.74) is 3.00. The first-order valence-electron chi connectivity index (χ1n) is 7.53. The highest BCUT2D eigenvalue weighted by molar-refractivity contribution is 7.80. The zero-order valence-electron chi connectivity index (χ0n) is 12.9. The van der Waals surface area contributed by atoms with Gasteiger partial charge < -0.3 is 15.5 Å². The van der Waals surface area contributed by atoms with Gasteiger partial charge in [-0.15, -0.1) is 12.6 Å². The fourth-order valence-electron chi connectivity index (χ4n) is 2.45. The molecule has 1 saturated heterocycles. The summed E-state index contributed by atoms with van der Waals surface area (Å²) in [5, 5.41) is 5.95. The number of hydrogen-bond donors (Lipinski definition) is 3. The van der Waals surface area contributed by atoms with Gasteiger partial charge in [-0.1, -0.05) is 6.07 Å².